The molecule has 0 aliphatic carbocycles. The highest BCUT2D eigenvalue weighted by Crippen LogP contribution is 2.19. The molecule has 3 aromatic rings. The van der Waals surface area contributed by atoms with Gasteiger partial charge in [0.1, 0.15) is 5.82 Å². The van der Waals surface area contributed by atoms with Gasteiger partial charge in [-0.25, -0.2) is 4.98 Å². The summed E-state index contributed by atoms with van der Waals surface area (Å²) in [5.74, 6) is 0.451. The lowest BCUT2D eigenvalue weighted by atomic mass is 10.1. The number of carbonyl (C=O) groups is 1. The summed E-state index contributed by atoms with van der Waals surface area (Å²) in [5, 5.41) is 3.76. The van der Waals surface area contributed by atoms with Gasteiger partial charge in [-0.15, -0.1) is 0 Å². The number of aryl methyl sites for hydroxylation is 1. The Morgan fingerprint density at radius 2 is 2.11 bits per heavy atom. The van der Waals surface area contributed by atoms with Crippen molar-refractivity contribution in [2.45, 2.75) is 6.92 Å². The predicted octanol–water partition coefficient (Wildman–Crippen LogP) is 3.12. The quantitative estimate of drug-likeness (QED) is 0.735. The van der Waals surface area contributed by atoms with Gasteiger partial charge in [0, 0.05) is 28.9 Å². The summed E-state index contributed by atoms with van der Waals surface area (Å²) >= 11 is 0. The number of amides is 1. The standard InChI is InChI=1S/C15H13N3O/c1-10-4-3-8-17-14(10)18-15(19)12-5-2-6-13-11(12)7-9-16-13/h2-9,16H,1H3,(H,17,18,19). The van der Waals surface area contributed by atoms with Crippen molar-refractivity contribution >= 4 is 22.6 Å². The number of nitrogens with zero attached hydrogens (tertiary/aromatic N) is 1. The third kappa shape index (κ3) is 2.08. The van der Waals surface area contributed by atoms with Crippen molar-refractivity contribution in [3.8, 4) is 0 Å². The number of aromatic amines is 1. The summed E-state index contributed by atoms with van der Waals surface area (Å²) < 4.78 is 0. The summed E-state index contributed by atoms with van der Waals surface area (Å²) in [6, 6.07) is 11.3. The molecule has 2 heterocycles. The van der Waals surface area contributed by atoms with Crippen molar-refractivity contribution in [1.82, 2.24) is 9.97 Å². The van der Waals surface area contributed by atoms with E-state index in [1.54, 1.807) is 6.20 Å². The summed E-state index contributed by atoms with van der Waals surface area (Å²) in [7, 11) is 0. The maximum Gasteiger partial charge on any atom is 0.257 e. The van der Waals surface area contributed by atoms with Crippen LogP contribution in [0.2, 0.25) is 0 Å². The first kappa shape index (κ1) is 11.5. The summed E-state index contributed by atoms with van der Waals surface area (Å²) in [6.45, 7) is 1.92. The fraction of sp³-hybridized carbons (Fsp3) is 0.0667. The summed E-state index contributed by atoms with van der Waals surface area (Å²) in [6.07, 6.45) is 3.49. The van der Waals surface area contributed by atoms with Crippen molar-refractivity contribution in [3.63, 3.8) is 0 Å². The van der Waals surface area contributed by atoms with Gasteiger partial charge in [-0.3, -0.25) is 4.79 Å². The normalized spacial score (nSPS) is 10.6. The molecule has 3 rings (SSSR count). The molecule has 2 aromatic heterocycles. The molecule has 0 radical (unpaired) electrons. The van der Waals surface area contributed by atoms with E-state index in [1.165, 1.54) is 0 Å². The molecule has 0 fully saturated rings. The number of pyridine rings is 1. The highest BCUT2D eigenvalue weighted by molar-refractivity contribution is 6.12. The largest absolute Gasteiger partial charge is 0.361 e. The molecular weight excluding hydrogens is 238 g/mol. The first-order valence-electron chi connectivity index (χ1n) is 6.05. The summed E-state index contributed by atoms with van der Waals surface area (Å²) in [5.41, 5.74) is 2.53. The minimum absolute atomic E-state index is 0.146. The van der Waals surface area contributed by atoms with Crippen LogP contribution < -0.4 is 5.32 Å². The minimum Gasteiger partial charge on any atom is -0.361 e. The second-order valence-corrected chi connectivity index (χ2v) is 4.37. The fourth-order valence-corrected chi connectivity index (χ4v) is 2.07. The van der Waals surface area contributed by atoms with Crippen molar-refractivity contribution in [2.75, 3.05) is 5.32 Å². The third-order valence-corrected chi connectivity index (χ3v) is 3.08. The number of hydrogen-bond donors (Lipinski definition) is 2. The average molecular weight is 251 g/mol. The lowest BCUT2D eigenvalue weighted by Gasteiger charge is -2.07. The third-order valence-electron chi connectivity index (χ3n) is 3.08. The number of anilines is 1. The van der Waals surface area contributed by atoms with Crippen LogP contribution in [0, 0.1) is 6.92 Å². The van der Waals surface area contributed by atoms with Crippen molar-refractivity contribution in [2.24, 2.45) is 0 Å². The van der Waals surface area contributed by atoms with E-state index in [1.807, 2.05) is 49.5 Å². The molecule has 0 bridgehead atoms. The zero-order valence-electron chi connectivity index (χ0n) is 10.5. The number of hydrogen-bond acceptors (Lipinski definition) is 2. The number of aromatic nitrogens is 2. The highest BCUT2D eigenvalue weighted by Gasteiger charge is 2.11. The van der Waals surface area contributed by atoms with Crippen molar-refractivity contribution in [3.05, 3.63) is 59.9 Å². The number of nitrogens with one attached hydrogen (secondary N) is 2. The van der Waals surface area contributed by atoms with E-state index in [9.17, 15) is 4.79 Å². The maximum atomic E-state index is 12.3. The second-order valence-electron chi connectivity index (χ2n) is 4.37. The predicted molar refractivity (Wildman–Crippen MR) is 75.2 cm³/mol. The van der Waals surface area contributed by atoms with E-state index in [2.05, 4.69) is 15.3 Å². The molecule has 94 valence electrons. The Kier molecular flexibility index (Phi) is 2.76. The van der Waals surface area contributed by atoms with Crippen molar-refractivity contribution in [1.29, 1.82) is 0 Å². The molecule has 1 aromatic carbocycles. The Morgan fingerprint density at radius 3 is 2.95 bits per heavy atom. The molecule has 0 unspecified atom stereocenters. The van der Waals surface area contributed by atoms with E-state index in [0.717, 1.165) is 16.5 Å². The Hall–Kier alpha value is -2.62. The van der Waals surface area contributed by atoms with Gasteiger partial charge in [-0.05, 0) is 36.8 Å². The van der Waals surface area contributed by atoms with E-state index >= 15 is 0 Å². The highest BCUT2D eigenvalue weighted by atomic mass is 16.1. The zero-order valence-corrected chi connectivity index (χ0v) is 10.5. The van der Waals surface area contributed by atoms with Crippen LogP contribution in [0.4, 0.5) is 5.82 Å². The number of fused-ring (bicyclic) bond motifs is 1. The molecule has 1 amide bonds. The SMILES string of the molecule is Cc1cccnc1NC(=O)c1cccc2[nH]ccc12. The van der Waals surface area contributed by atoms with Crippen molar-refractivity contribution < 1.29 is 4.79 Å². The van der Waals surface area contributed by atoms with Crippen LogP contribution in [0.5, 0.6) is 0 Å². The van der Waals surface area contributed by atoms with Gasteiger partial charge in [0.05, 0.1) is 0 Å². The molecule has 0 spiro atoms. The number of carbonyl (C=O) groups excluding carboxylic acids is 1. The Morgan fingerprint density at radius 1 is 1.21 bits per heavy atom. The van der Waals surface area contributed by atoms with E-state index in [0.29, 0.717) is 11.4 Å². The van der Waals surface area contributed by atoms with Gasteiger partial charge in [0.25, 0.3) is 5.91 Å². The van der Waals surface area contributed by atoms with Crippen LogP contribution >= 0.6 is 0 Å². The minimum atomic E-state index is -0.146. The van der Waals surface area contributed by atoms with Gasteiger partial charge in [-0.2, -0.15) is 0 Å². The molecule has 0 saturated carbocycles. The van der Waals surface area contributed by atoms with Crippen LogP contribution in [0.1, 0.15) is 15.9 Å². The molecule has 4 heteroatoms. The molecule has 19 heavy (non-hydrogen) atoms. The van der Waals surface area contributed by atoms with Gasteiger partial charge in [-0.1, -0.05) is 12.1 Å². The smallest absolute Gasteiger partial charge is 0.257 e. The topological polar surface area (TPSA) is 57.8 Å². The first-order chi connectivity index (χ1) is 9.25. The van der Waals surface area contributed by atoms with Crippen LogP contribution in [0.15, 0.2) is 48.8 Å². The summed E-state index contributed by atoms with van der Waals surface area (Å²) in [4.78, 5) is 19.6. The first-order valence-corrected chi connectivity index (χ1v) is 6.05. The Bertz CT molecular complexity index is 746. The van der Waals surface area contributed by atoms with Crippen LogP contribution in [-0.4, -0.2) is 15.9 Å². The fourth-order valence-electron chi connectivity index (χ4n) is 2.07. The van der Waals surface area contributed by atoms with Crippen LogP contribution in [0.25, 0.3) is 10.9 Å². The van der Waals surface area contributed by atoms with Gasteiger partial charge in [0.15, 0.2) is 0 Å². The number of benzene rings is 1. The molecule has 0 aliphatic rings. The van der Waals surface area contributed by atoms with Gasteiger partial charge < -0.3 is 10.3 Å². The van der Waals surface area contributed by atoms with E-state index in [-0.39, 0.29) is 5.91 Å². The van der Waals surface area contributed by atoms with Crippen LogP contribution in [-0.2, 0) is 0 Å². The molecule has 2 N–H and O–H groups in total. The van der Waals surface area contributed by atoms with Gasteiger partial charge >= 0.3 is 0 Å². The maximum absolute atomic E-state index is 12.3. The molecule has 0 saturated heterocycles. The number of rotatable bonds is 2. The lowest BCUT2D eigenvalue weighted by Crippen LogP contribution is -2.14. The molecule has 4 nitrogen and oxygen atoms in total. The van der Waals surface area contributed by atoms with Crippen LogP contribution in [0.3, 0.4) is 0 Å². The van der Waals surface area contributed by atoms with E-state index < -0.39 is 0 Å². The lowest BCUT2D eigenvalue weighted by molar-refractivity contribution is 0.102. The Labute approximate surface area is 110 Å². The van der Waals surface area contributed by atoms with Gasteiger partial charge in [0.2, 0.25) is 0 Å². The zero-order chi connectivity index (χ0) is 13.2. The average Bonchev–Trinajstić information content (AvgIpc) is 2.89. The Balaban J connectivity index is 1.97. The number of H-pyrrole nitrogens is 1. The van der Waals surface area contributed by atoms with E-state index in [4.69, 9.17) is 0 Å². The second kappa shape index (κ2) is 4.57. The molecular formula is C15H13N3O. The molecule has 0 aliphatic heterocycles. The molecule has 0 atom stereocenters. The monoisotopic (exact) mass is 251 g/mol.